The number of rotatable bonds is 3. The van der Waals surface area contributed by atoms with Crippen LogP contribution >= 0.6 is 34.8 Å². The van der Waals surface area contributed by atoms with Crippen LogP contribution in [0.5, 0.6) is 0 Å². The summed E-state index contributed by atoms with van der Waals surface area (Å²) in [7, 11) is 0. The molecular weight excluding hydrogens is 327 g/mol. The predicted octanol–water partition coefficient (Wildman–Crippen LogP) is 5.63. The third-order valence-corrected chi connectivity index (χ3v) is 4.12. The fourth-order valence-electron chi connectivity index (χ4n) is 2.06. The Morgan fingerprint density at radius 1 is 0.905 bits per heavy atom. The first-order valence-corrected chi connectivity index (χ1v) is 7.49. The molecule has 0 fully saturated rings. The van der Waals surface area contributed by atoms with E-state index in [1.807, 2.05) is 42.6 Å². The maximum absolute atomic E-state index is 6.02. The molecule has 3 rings (SSSR count). The molecule has 0 spiro atoms. The second-order valence-corrected chi connectivity index (χ2v) is 5.92. The maximum Gasteiger partial charge on any atom is 0.111 e. The molecule has 0 saturated carbocycles. The van der Waals surface area contributed by atoms with E-state index in [9.17, 15) is 0 Å². The molecule has 0 aliphatic heterocycles. The molecule has 106 valence electrons. The third-order valence-electron chi connectivity index (χ3n) is 3.13. The standard InChI is InChI=1S/C16H11Cl3N2/c17-12-4-2-11(3-5-12)15-9-20-16(21-15)8-10-1-6-13(18)14(19)7-10/h1-7,9H,8H2,(H,20,21). The Bertz CT molecular complexity index is 763. The van der Waals surface area contributed by atoms with Crippen LogP contribution in [0.15, 0.2) is 48.7 Å². The van der Waals surface area contributed by atoms with Crippen molar-refractivity contribution in [2.24, 2.45) is 0 Å². The fourth-order valence-corrected chi connectivity index (χ4v) is 2.51. The third kappa shape index (κ3) is 3.41. The zero-order chi connectivity index (χ0) is 14.8. The summed E-state index contributed by atoms with van der Waals surface area (Å²) in [5.41, 5.74) is 2.97. The number of hydrogen-bond acceptors (Lipinski definition) is 1. The molecule has 2 aromatic carbocycles. The summed E-state index contributed by atoms with van der Waals surface area (Å²) < 4.78 is 0. The van der Waals surface area contributed by atoms with Crippen LogP contribution in [-0.4, -0.2) is 9.97 Å². The summed E-state index contributed by atoms with van der Waals surface area (Å²) in [6, 6.07) is 13.2. The monoisotopic (exact) mass is 336 g/mol. The van der Waals surface area contributed by atoms with Gasteiger partial charge in [0.05, 0.1) is 15.7 Å². The van der Waals surface area contributed by atoms with Crippen molar-refractivity contribution in [3.63, 3.8) is 0 Å². The van der Waals surface area contributed by atoms with Crippen LogP contribution in [0, 0.1) is 0 Å². The molecule has 0 atom stereocenters. The lowest BCUT2D eigenvalue weighted by Crippen LogP contribution is -1.91. The van der Waals surface area contributed by atoms with Crippen LogP contribution < -0.4 is 0 Å². The summed E-state index contributed by atoms with van der Waals surface area (Å²) in [6.45, 7) is 0. The van der Waals surface area contributed by atoms with E-state index in [0.29, 0.717) is 21.5 Å². The lowest BCUT2D eigenvalue weighted by atomic mass is 10.1. The van der Waals surface area contributed by atoms with Crippen molar-refractivity contribution in [1.82, 2.24) is 9.97 Å². The normalized spacial score (nSPS) is 10.8. The quantitative estimate of drug-likeness (QED) is 0.659. The molecule has 0 aliphatic rings. The molecule has 0 unspecified atom stereocenters. The Hall–Kier alpha value is -1.48. The van der Waals surface area contributed by atoms with E-state index in [1.54, 1.807) is 6.07 Å². The highest BCUT2D eigenvalue weighted by molar-refractivity contribution is 6.42. The zero-order valence-electron chi connectivity index (χ0n) is 10.9. The predicted molar refractivity (Wildman–Crippen MR) is 88.3 cm³/mol. The highest BCUT2D eigenvalue weighted by atomic mass is 35.5. The van der Waals surface area contributed by atoms with E-state index in [-0.39, 0.29) is 0 Å². The highest BCUT2D eigenvalue weighted by Gasteiger charge is 2.06. The van der Waals surface area contributed by atoms with Gasteiger partial charge in [-0.3, -0.25) is 0 Å². The van der Waals surface area contributed by atoms with Gasteiger partial charge in [0.15, 0.2) is 0 Å². The van der Waals surface area contributed by atoms with Gasteiger partial charge in [0, 0.05) is 23.2 Å². The molecular formula is C16H11Cl3N2. The molecule has 2 nitrogen and oxygen atoms in total. The molecule has 5 heteroatoms. The summed E-state index contributed by atoms with van der Waals surface area (Å²) in [4.78, 5) is 7.76. The number of imidazole rings is 1. The Morgan fingerprint density at radius 3 is 2.38 bits per heavy atom. The van der Waals surface area contributed by atoms with Crippen LogP contribution in [0.25, 0.3) is 11.3 Å². The zero-order valence-corrected chi connectivity index (χ0v) is 13.2. The van der Waals surface area contributed by atoms with E-state index in [4.69, 9.17) is 34.8 Å². The lowest BCUT2D eigenvalue weighted by Gasteiger charge is -2.01. The van der Waals surface area contributed by atoms with Crippen molar-refractivity contribution < 1.29 is 0 Å². The smallest absolute Gasteiger partial charge is 0.111 e. The Morgan fingerprint density at radius 2 is 1.67 bits per heavy atom. The van der Waals surface area contributed by atoms with Crippen molar-refractivity contribution in [1.29, 1.82) is 0 Å². The van der Waals surface area contributed by atoms with Crippen molar-refractivity contribution in [2.75, 3.05) is 0 Å². The average Bonchev–Trinajstić information content (AvgIpc) is 2.92. The summed E-state index contributed by atoms with van der Waals surface area (Å²) in [5, 5.41) is 1.82. The van der Waals surface area contributed by atoms with Gasteiger partial charge >= 0.3 is 0 Å². The molecule has 3 aromatic rings. The van der Waals surface area contributed by atoms with Gasteiger partial charge < -0.3 is 4.98 Å². The van der Waals surface area contributed by atoms with Gasteiger partial charge in [0.2, 0.25) is 0 Å². The molecule has 1 N–H and O–H groups in total. The minimum Gasteiger partial charge on any atom is -0.348 e. The van der Waals surface area contributed by atoms with Crippen molar-refractivity contribution in [3.05, 3.63) is 75.1 Å². The number of aromatic nitrogens is 2. The van der Waals surface area contributed by atoms with Crippen molar-refractivity contribution in [3.8, 4) is 11.3 Å². The number of hydrogen-bond donors (Lipinski definition) is 1. The van der Waals surface area contributed by atoms with Crippen LogP contribution in [0.3, 0.4) is 0 Å². The second kappa shape index (κ2) is 6.10. The topological polar surface area (TPSA) is 28.7 Å². The maximum atomic E-state index is 6.02. The van der Waals surface area contributed by atoms with Gasteiger partial charge in [-0.1, -0.05) is 53.0 Å². The number of benzene rings is 2. The van der Waals surface area contributed by atoms with Gasteiger partial charge in [-0.05, 0) is 29.8 Å². The number of H-pyrrole nitrogens is 1. The molecule has 1 aromatic heterocycles. The Labute approximate surface area is 137 Å². The van der Waals surface area contributed by atoms with E-state index in [1.165, 1.54) is 0 Å². The SMILES string of the molecule is Clc1ccc(-c2c[nH]c(Cc3ccc(Cl)c(Cl)c3)n2)cc1. The lowest BCUT2D eigenvalue weighted by molar-refractivity contribution is 1.03. The summed E-state index contributed by atoms with van der Waals surface area (Å²) >= 11 is 17.8. The van der Waals surface area contributed by atoms with Gasteiger partial charge in [-0.15, -0.1) is 0 Å². The molecule has 21 heavy (non-hydrogen) atoms. The number of nitrogens with zero attached hydrogens (tertiary/aromatic N) is 1. The Balaban J connectivity index is 1.81. The van der Waals surface area contributed by atoms with Crippen LogP contribution in [0.1, 0.15) is 11.4 Å². The largest absolute Gasteiger partial charge is 0.348 e. The van der Waals surface area contributed by atoms with Gasteiger partial charge in [0.25, 0.3) is 0 Å². The first kappa shape index (κ1) is 14.5. The van der Waals surface area contributed by atoms with E-state index < -0.39 is 0 Å². The van der Waals surface area contributed by atoms with Crippen molar-refractivity contribution >= 4 is 34.8 Å². The first-order valence-electron chi connectivity index (χ1n) is 6.36. The molecule has 0 aliphatic carbocycles. The number of nitrogens with one attached hydrogen (secondary N) is 1. The molecule has 0 amide bonds. The highest BCUT2D eigenvalue weighted by Crippen LogP contribution is 2.24. The second-order valence-electron chi connectivity index (χ2n) is 4.66. The van der Waals surface area contributed by atoms with Crippen LogP contribution in [0.4, 0.5) is 0 Å². The molecule has 0 bridgehead atoms. The fraction of sp³-hybridized carbons (Fsp3) is 0.0625. The molecule has 0 saturated heterocycles. The number of aromatic amines is 1. The van der Waals surface area contributed by atoms with E-state index in [2.05, 4.69) is 9.97 Å². The van der Waals surface area contributed by atoms with Crippen molar-refractivity contribution in [2.45, 2.75) is 6.42 Å². The summed E-state index contributed by atoms with van der Waals surface area (Å²) in [5.74, 6) is 0.873. The van der Waals surface area contributed by atoms with Gasteiger partial charge in [0.1, 0.15) is 5.82 Å². The van der Waals surface area contributed by atoms with Crippen LogP contribution in [-0.2, 0) is 6.42 Å². The first-order chi connectivity index (χ1) is 10.1. The van der Waals surface area contributed by atoms with E-state index >= 15 is 0 Å². The van der Waals surface area contributed by atoms with Gasteiger partial charge in [-0.25, -0.2) is 4.98 Å². The van der Waals surface area contributed by atoms with Gasteiger partial charge in [-0.2, -0.15) is 0 Å². The minimum atomic E-state index is 0.554. The van der Waals surface area contributed by atoms with E-state index in [0.717, 1.165) is 22.6 Å². The average molecular weight is 338 g/mol. The van der Waals surface area contributed by atoms with Crippen LogP contribution in [0.2, 0.25) is 15.1 Å². The number of halogens is 3. The Kier molecular flexibility index (Phi) is 4.20. The molecule has 1 heterocycles. The minimum absolute atomic E-state index is 0.554. The molecule has 0 radical (unpaired) electrons. The summed E-state index contributed by atoms with van der Waals surface area (Å²) in [6.07, 6.45) is 2.56.